The van der Waals surface area contributed by atoms with Crippen LogP contribution in [0.2, 0.25) is 0 Å². The number of para-hydroxylation sites is 1. The summed E-state index contributed by atoms with van der Waals surface area (Å²) in [6, 6.07) is 37.6. The molecule has 0 spiro atoms. The molecule has 0 radical (unpaired) electrons. The van der Waals surface area contributed by atoms with E-state index in [2.05, 4.69) is 140 Å². The van der Waals surface area contributed by atoms with Gasteiger partial charge >= 0.3 is 0 Å². The van der Waals surface area contributed by atoms with E-state index in [1.165, 1.54) is 50.1 Å². The lowest BCUT2D eigenvalue weighted by molar-refractivity contribution is 0.660. The molecule has 0 aliphatic heterocycles. The number of rotatable bonds is 4. The van der Waals surface area contributed by atoms with Gasteiger partial charge in [-0.05, 0) is 81.3 Å². The Balaban J connectivity index is 1.16. The van der Waals surface area contributed by atoms with E-state index in [1.807, 2.05) is 6.07 Å². The van der Waals surface area contributed by atoms with Crippen LogP contribution in [-0.2, 0) is 5.41 Å². The number of pyridine rings is 1. The average molecular weight is 608 g/mol. The van der Waals surface area contributed by atoms with Crippen molar-refractivity contribution in [3.63, 3.8) is 0 Å². The average Bonchev–Trinajstić information content (AvgIpc) is 3.59. The second kappa shape index (κ2) is 10.2. The Morgan fingerprint density at radius 3 is 2.26 bits per heavy atom. The fourth-order valence-corrected chi connectivity index (χ4v) is 7.84. The summed E-state index contributed by atoms with van der Waals surface area (Å²) in [7, 11) is 0. The third-order valence-corrected chi connectivity index (χ3v) is 10.3. The predicted molar refractivity (Wildman–Crippen MR) is 192 cm³/mol. The molecule has 47 heavy (non-hydrogen) atoms. The Labute approximate surface area is 273 Å². The quantitative estimate of drug-likeness (QED) is 0.200. The summed E-state index contributed by atoms with van der Waals surface area (Å²) in [6.45, 7) is 9.27. The maximum Gasteiger partial charge on any atom is 0.178 e. The molecule has 1 unspecified atom stereocenters. The summed E-state index contributed by atoms with van der Waals surface area (Å²) in [4.78, 5) is 13.4. The van der Waals surface area contributed by atoms with E-state index in [0.29, 0.717) is 5.65 Å². The van der Waals surface area contributed by atoms with Crippen LogP contribution < -0.4 is 0 Å². The van der Waals surface area contributed by atoms with Crippen molar-refractivity contribution in [3.8, 4) is 33.4 Å². The van der Waals surface area contributed by atoms with Crippen LogP contribution in [0, 0.1) is 6.92 Å². The summed E-state index contributed by atoms with van der Waals surface area (Å²) in [5.74, 6) is 0.166. The summed E-state index contributed by atoms with van der Waals surface area (Å²) < 4.78 is 6.56. The third kappa shape index (κ3) is 4.11. The van der Waals surface area contributed by atoms with E-state index in [9.17, 15) is 0 Å². The van der Waals surface area contributed by atoms with Gasteiger partial charge in [0.25, 0.3) is 0 Å². The Morgan fingerprint density at radius 1 is 0.596 bits per heavy atom. The van der Waals surface area contributed by atoms with Crippen LogP contribution in [0.3, 0.4) is 0 Å². The maximum absolute atomic E-state index is 6.56. The highest BCUT2D eigenvalue weighted by Crippen LogP contribution is 2.51. The van der Waals surface area contributed by atoms with Crippen LogP contribution >= 0.6 is 0 Å². The molecule has 8 aromatic rings. The van der Waals surface area contributed by atoms with Crippen LogP contribution in [0.1, 0.15) is 54.5 Å². The first kappa shape index (κ1) is 27.7. The number of furan rings is 1. The van der Waals surface area contributed by atoms with Crippen molar-refractivity contribution in [1.29, 1.82) is 0 Å². The normalized spacial score (nSPS) is 14.0. The van der Waals surface area contributed by atoms with Gasteiger partial charge in [0, 0.05) is 51.8 Å². The molecule has 0 amide bonds. The van der Waals surface area contributed by atoms with Gasteiger partial charge < -0.3 is 4.42 Å². The highest BCUT2D eigenvalue weighted by molar-refractivity contribution is 6.11. The van der Waals surface area contributed by atoms with Crippen molar-refractivity contribution in [2.24, 2.45) is 0 Å². The van der Waals surface area contributed by atoms with Crippen LogP contribution in [0.5, 0.6) is 0 Å². The van der Waals surface area contributed by atoms with Crippen LogP contribution in [0.4, 0.5) is 0 Å². The lowest BCUT2D eigenvalue weighted by Crippen LogP contribution is -2.15. The molecule has 226 valence electrons. The molecular formula is C43H33N3O. The van der Waals surface area contributed by atoms with E-state index in [1.54, 1.807) is 18.6 Å². The smallest absolute Gasteiger partial charge is 0.178 e. The Kier molecular flexibility index (Phi) is 6.01. The van der Waals surface area contributed by atoms with E-state index >= 15 is 0 Å². The Bertz CT molecular complexity index is 2540. The molecule has 0 fully saturated rings. The predicted octanol–water partition coefficient (Wildman–Crippen LogP) is 11.0. The van der Waals surface area contributed by atoms with Crippen molar-refractivity contribution >= 4 is 33.1 Å². The molecular weight excluding hydrogens is 574 g/mol. The topological polar surface area (TPSA) is 51.8 Å². The lowest BCUT2D eigenvalue weighted by atomic mass is 9.80. The first-order chi connectivity index (χ1) is 22.9. The Hall–Kier alpha value is -5.61. The zero-order valence-electron chi connectivity index (χ0n) is 26.9. The number of aromatic nitrogens is 3. The fourth-order valence-electron chi connectivity index (χ4n) is 7.84. The second-order valence-corrected chi connectivity index (χ2v) is 13.3. The molecule has 0 N–H and O–H groups in total. The van der Waals surface area contributed by atoms with Crippen molar-refractivity contribution < 1.29 is 4.42 Å². The Morgan fingerprint density at radius 2 is 1.36 bits per heavy atom. The summed E-state index contributed by atoms with van der Waals surface area (Å²) in [6.07, 6.45) is 5.17. The van der Waals surface area contributed by atoms with Gasteiger partial charge in [-0.3, -0.25) is 4.98 Å². The molecule has 0 bridgehead atoms. The minimum Gasteiger partial charge on any atom is -0.455 e. The minimum atomic E-state index is -0.0113. The summed E-state index contributed by atoms with van der Waals surface area (Å²) in [5.41, 5.74) is 17.0. The number of benzene rings is 5. The molecule has 1 atom stereocenters. The summed E-state index contributed by atoms with van der Waals surface area (Å²) >= 11 is 0. The van der Waals surface area contributed by atoms with E-state index in [4.69, 9.17) is 4.42 Å². The van der Waals surface area contributed by atoms with Crippen LogP contribution in [0.15, 0.2) is 126 Å². The molecule has 9 rings (SSSR count). The third-order valence-electron chi connectivity index (χ3n) is 10.3. The largest absolute Gasteiger partial charge is 0.455 e. The van der Waals surface area contributed by atoms with Gasteiger partial charge in [-0.15, -0.1) is 0 Å². The first-order valence-electron chi connectivity index (χ1n) is 16.3. The number of fused-ring (bicyclic) bond motifs is 7. The van der Waals surface area contributed by atoms with Crippen LogP contribution in [-0.4, -0.2) is 15.0 Å². The highest BCUT2D eigenvalue weighted by Gasteiger charge is 2.36. The van der Waals surface area contributed by atoms with Gasteiger partial charge in [-0.25, -0.2) is 9.97 Å². The SMILES string of the molecule is Cc1cc2c(cc1-c1ccccc1C(C)c1ccc3oc4c(-c5ccnc6nccnc56)cccc4c3c1)-c1ccccc1C2(C)C. The first-order valence-corrected chi connectivity index (χ1v) is 16.3. The van der Waals surface area contributed by atoms with Crippen LogP contribution in [0.25, 0.3) is 66.5 Å². The highest BCUT2D eigenvalue weighted by atomic mass is 16.3. The fraction of sp³-hybridized carbons (Fsp3) is 0.140. The van der Waals surface area contributed by atoms with Gasteiger partial charge in [0.2, 0.25) is 0 Å². The van der Waals surface area contributed by atoms with Gasteiger partial charge in [0.05, 0.1) is 0 Å². The number of hydrogen-bond acceptors (Lipinski definition) is 4. The maximum atomic E-state index is 6.56. The molecule has 1 aliphatic rings. The zero-order chi connectivity index (χ0) is 31.9. The van der Waals surface area contributed by atoms with Crippen molar-refractivity contribution in [1.82, 2.24) is 15.0 Å². The molecule has 3 heterocycles. The number of aryl methyl sites for hydroxylation is 1. The van der Waals surface area contributed by atoms with E-state index < -0.39 is 0 Å². The second-order valence-electron chi connectivity index (χ2n) is 13.3. The van der Waals surface area contributed by atoms with E-state index in [0.717, 1.165) is 38.6 Å². The van der Waals surface area contributed by atoms with Crippen molar-refractivity contribution in [3.05, 3.63) is 150 Å². The number of nitrogens with zero attached hydrogens (tertiary/aromatic N) is 3. The number of hydrogen-bond donors (Lipinski definition) is 0. The standard InChI is InChI=1S/C43H33N3O/c1-25-22-38-35(30-12-7-8-15-37(30)43(38,3)4)24-34(25)29-11-6-5-10-28(29)26(2)27-16-17-39-36(23-27)33-14-9-13-32(41(33)47-39)31-18-19-45-42-40(31)44-20-21-46-42/h5-24,26H,1-4H3. The molecule has 0 saturated heterocycles. The zero-order valence-corrected chi connectivity index (χ0v) is 26.9. The van der Waals surface area contributed by atoms with E-state index in [-0.39, 0.29) is 11.3 Å². The van der Waals surface area contributed by atoms with Gasteiger partial charge in [0.15, 0.2) is 5.65 Å². The lowest BCUT2D eigenvalue weighted by Gasteiger charge is -2.23. The molecule has 4 nitrogen and oxygen atoms in total. The monoisotopic (exact) mass is 607 g/mol. The molecule has 0 saturated carbocycles. The van der Waals surface area contributed by atoms with Gasteiger partial charge in [-0.1, -0.05) is 99.6 Å². The van der Waals surface area contributed by atoms with Gasteiger partial charge in [-0.2, -0.15) is 0 Å². The summed E-state index contributed by atoms with van der Waals surface area (Å²) in [5, 5.41) is 2.20. The minimum absolute atomic E-state index is 0.0113. The van der Waals surface area contributed by atoms with Gasteiger partial charge in [0.1, 0.15) is 16.7 Å². The molecule has 4 heteroatoms. The molecule has 3 aromatic heterocycles. The van der Waals surface area contributed by atoms with Crippen molar-refractivity contribution in [2.45, 2.75) is 39.0 Å². The molecule has 5 aromatic carbocycles. The molecule has 1 aliphatic carbocycles. The van der Waals surface area contributed by atoms with Crippen molar-refractivity contribution in [2.75, 3.05) is 0 Å².